The number of primary amides is 1. The highest BCUT2D eigenvalue weighted by Crippen LogP contribution is 2.35. The van der Waals surface area contributed by atoms with E-state index >= 15 is 0 Å². The summed E-state index contributed by atoms with van der Waals surface area (Å²) in [5.74, 6) is 0.843. The van der Waals surface area contributed by atoms with Crippen LogP contribution in [-0.2, 0) is 0 Å². The minimum atomic E-state index is -0.555. The van der Waals surface area contributed by atoms with Gasteiger partial charge in [0.25, 0.3) is 5.91 Å². The van der Waals surface area contributed by atoms with Gasteiger partial charge in [-0.25, -0.2) is 4.98 Å². The number of thiophene rings is 1. The summed E-state index contributed by atoms with van der Waals surface area (Å²) < 4.78 is 6.12. The van der Waals surface area contributed by atoms with E-state index in [9.17, 15) is 4.79 Å². The summed E-state index contributed by atoms with van der Waals surface area (Å²) in [6.07, 6.45) is 1.32. The van der Waals surface area contributed by atoms with Crippen LogP contribution in [0.2, 0.25) is 0 Å². The zero-order valence-corrected chi connectivity index (χ0v) is 16.1. The predicted molar refractivity (Wildman–Crippen MR) is 116 cm³/mol. The Morgan fingerprint density at radius 2 is 1.86 bits per heavy atom. The van der Waals surface area contributed by atoms with Gasteiger partial charge in [0.2, 0.25) is 0 Å². The van der Waals surface area contributed by atoms with E-state index in [1.807, 2.05) is 60.0 Å². The highest BCUT2D eigenvalue weighted by molar-refractivity contribution is 7.08. The first-order chi connectivity index (χ1) is 14.1. The first-order valence-corrected chi connectivity index (χ1v) is 9.80. The molecule has 2 aromatic heterocycles. The van der Waals surface area contributed by atoms with Crippen molar-refractivity contribution in [3.8, 4) is 33.9 Å². The zero-order chi connectivity index (χ0) is 20.2. The van der Waals surface area contributed by atoms with E-state index in [-0.39, 0.29) is 5.69 Å². The molecule has 0 unspecified atom stereocenters. The number of nitrogens with zero attached hydrogens (tertiary/aromatic N) is 1. The normalized spacial score (nSPS) is 10.5. The quantitative estimate of drug-likeness (QED) is 0.427. The smallest absolute Gasteiger partial charge is 0.267 e. The lowest BCUT2D eigenvalue weighted by molar-refractivity contribution is 0.0995. The maximum Gasteiger partial charge on any atom is 0.267 e. The monoisotopic (exact) mass is 399 g/mol. The number of carbonyl (C=O) groups excluding carboxylic acids is 1. The van der Waals surface area contributed by atoms with Crippen molar-refractivity contribution < 1.29 is 9.53 Å². The minimum absolute atomic E-state index is 0.231. The standard InChI is InChI=1S/C23H17N3O2S/c24-13-15-4-9-22(19(12-15)17-10-11-29-14-17)28-18-7-5-16(6-8-18)20-2-1-3-21(26-20)23(25)27/h1-14,24H,(H2,25,27). The molecule has 4 aromatic rings. The lowest BCUT2D eigenvalue weighted by atomic mass is 10.0. The third-order valence-corrected chi connectivity index (χ3v) is 5.07. The third-order valence-electron chi connectivity index (χ3n) is 4.38. The van der Waals surface area contributed by atoms with Gasteiger partial charge in [-0.05, 0) is 82.6 Å². The molecule has 0 bridgehead atoms. The molecule has 0 aliphatic carbocycles. The van der Waals surface area contributed by atoms with Crippen LogP contribution in [0.4, 0.5) is 0 Å². The molecule has 29 heavy (non-hydrogen) atoms. The molecule has 0 atom stereocenters. The van der Waals surface area contributed by atoms with Crippen LogP contribution in [0.15, 0.2) is 77.5 Å². The first-order valence-electron chi connectivity index (χ1n) is 8.86. The van der Waals surface area contributed by atoms with Crippen LogP contribution in [-0.4, -0.2) is 17.1 Å². The molecule has 0 aliphatic heterocycles. The molecule has 1 amide bonds. The van der Waals surface area contributed by atoms with Crippen molar-refractivity contribution in [2.45, 2.75) is 0 Å². The van der Waals surface area contributed by atoms with Crippen molar-refractivity contribution in [2.24, 2.45) is 5.73 Å². The second kappa shape index (κ2) is 8.08. The van der Waals surface area contributed by atoms with Crippen molar-refractivity contribution in [3.63, 3.8) is 0 Å². The van der Waals surface area contributed by atoms with Crippen molar-refractivity contribution in [2.75, 3.05) is 0 Å². The van der Waals surface area contributed by atoms with E-state index in [2.05, 4.69) is 10.4 Å². The van der Waals surface area contributed by atoms with Crippen LogP contribution >= 0.6 is 11.3 Å². The predicted octanol–water partition coefficient (Wildman–Crippen LogP) is 5.37. The number of pyridine rings is 1. The lowest BCUT2D eigenvalue weighted by Crippen LogP contribution is -2.12. The Bertz CT molecular complexity index is 1170. The van der Waals surface area contributed by atoms with Crippen molar-refractivity contribution in [3.05, 3.63) is 88.7 Å². The largest absolute Gasteiger partial charge is 0.457 e. The molecule has 142 valence electrons. The molecule has 0 saturated carbocycles. The molecule has 5 nitrogen and oxygen atoms in total. The number of nitrogens with one attached hydrogen (secondary N) is 1. The number of carbonyl (C=O) groups is 1. The molecular formula is C23H17N3O2S. The summed E-state index contributed by atoms with van der Waals surface area (Å²) in [4.78, 5) is 15.6. The average molecular weight is 399 g/mol. The summed E-state index contributed by atoms with van der Waals surface area (Å²) in [5.41, 5.74) is 9.87. The van der Waals surface area contributed by atoms with Crippen LogP contribution in [0, 0.1) is 5.41 Å². The van der Waals surface area contributed by atoms with E-state index < -0.39 is 5.91 Å². The molecule has 2 heterocycles. The number of amides is 1. The van der Waals surface area contributed by atoms with Gasteiger partial charge >= 0.3 is 0 Å². The van der Waals surface area contributed by atoms with E-state index in [0.29, 0.717) is 11.4 Å². The van der Waals surface area contributed by atoms with E-state index in [4.69, 9.17) is 15.9 Å². The van der Waals surface area contributed by atoms with Crippen LogP contribution in [0.5, 0.6) is 11.5 Å². The van der Waals surface area contributed by atoms with E-state index in [0.717, 1.165) is 28.0 Å². The maximum absolute atomic E-state index is 11.3. The number of ether oxygens (including phenoxy) is 1. The van der Waals surface area contributed by atoms with Crippen LogP contribution < -0.4 is 10.5 Å². The molecule has 0 aliphatic rings. The summed E-state index contributed by atoms with van der Waals surface area (Å²) in [5, 5.41) is 11.6. The molecule has 0 spiro atoms. The molecule has 0 fully saturated rings. The Labute approximate surface area is 171 Å². The van der Waals surface area contributed by atoms with Gasteiger partial charge < -0.3 is 15.9 Å². The second-order valence-electron chi connectivity index (χ2n) is 6.31. The van der Waals surface area contributed by atoms with Gasteiger partial charge in [0.15, 0.2) is 0 Å². The summed E-state index contributed by atoms with van der Waals surface area (Å²) in [6.45, 7) is 0. The van der Waals surface area contributed by atoms with Crippen LogP contribution in [0.1, 0.15) is 16.1 Å². The molecule has 0 saturated heterocycles. The fraction of sp³-hybridized carbons (Fsp3) is 0. The third kappa shape index (κ3) is 4.07. The lowest BCUT2D eigenvalue weighted by Gasteiger charge is -2.12. The minimum Gasteiger partial charge on any atom is -0.457 e. The van der Waals surface area contributed by atoms with Gasteiger partial charge in [-0.3, -0.25) is 4.79 Å². The van der Waals surface area contributed by atoms with Crippen molar-refractivity contribution >= 4 is 23.5 Å². The van der Waals surface area contributed by atoms with Gasteiger partial charge in [0.05, 0.1) is 5.69 Å². The highest BCUT2D eigenvalue weighted by atomic mass is 32.1. The Morgan fingerprint density at radius 3 is 2.55 bits per heavy atom. The Balaban J connectivity index is 1.62. The topological polar surface area (TPSA) is 89.1 Å². The van der Waals surface area contributed by atoms with Gasteiger partial charge in [0.1, 0.15) is 17.2 Å². The van der Waals surface area contributed by atoms with Crippen molar-refractivity contribution in [1.29, 1.82) is 5.41 Å². The Kier molecular flexibility index (Phi) is 5.18. The molecule has 6 heteroatoms. The summed E-state index contributed by atoms with van der Waals surface area (Å²) >= 11 is 1.61. The van der Waals surface area contributed by atoms with Gasteiger partial charge in [-0.1, -0.05) is 6.07 Å². The Morgan fingerprint density at radius 1 is 1.03 bits per heavy atom. The number of hydrogen-bond donors (Lipinski definition) is 2. The number of aromatic nitrogens is 1. The molecule has 3 N–H and O–H groups in total. The van der Waals surface area contributed by atoms with E-state index in [1.165, 1.54) is 6.21 Å². The van der Waals surface area contributed by atoms with Crippen LogP contribution in [0.3, 0.4) is 0 Å². The average Bonchev–Trinajstić information content (AvgIpc) is 3.29. The molecule has 0 radical (unpaired) electrons. The SMILES string of the molecule is N=Cc1ccc(Oc2ccc(-c3cccc(C(N)=O)n3)cc2)c(-c2ccsc2)c1. The van der Waals surface area contributed by atoms with Gasteiger partial charge in [-0.15, -0.1) is 0 Å². The molecular weight excluding hydrogens is 382 g/mol. The maximum atomic E-state index is 11.3. The zero-order valence-electron chi connectivity index (χ0n) is 15.3. The van der Waals surface area contributed by atoms with Crippen molar-refractivity contribution in [1.82, 2.24) is 4.98 Å². The first kappa shape index (κ1) is 18.6. The van der Waals surface area contributed by atoms with E-state index in [1.54, 1.807) is 23.5 Å². The number of nitrogens with two attached hydrogens (primary N) is 1. The van der Waals surface area contributed by atoms with Gasteiger partial charge in [-0.2, -0.15) is 11.3 Å². The molecule has 2 aromatic carbocycles. The number of hydrogen-bond acceptors (Lipinski definition) is 5. The second-order valence-corrected chi connectivity index (χ2v) is 7.09. The number of rotatable bonds is 6. The fourth-order valence-corrected chi connectivity index (χ4v) is 3.58. The highest BCUT2D eigenvalue weighted by Gasteiger charge is 2.10. The fourth-order valence-electron chi connectivity index (χ4n) is 2.92. The molecule has 4 rings (SSSR count). The summed E-state index contributed by atoms with van der Waals surface area (Å²) in [7, 11) is 0. The number of benzene rings is 2. The van der Waals surface area contributed by atoms with Gasteiger partial charge in [0, 0.05) is 17.3 Å². The van der Waals surface area contributed by atoms with Crippen LogP contribution in [0.25, 0.3) is 22.4 Å². The Hall–Kier alpha value is -3.77. The summed E-state index contributed by atoms with van der Waals surface area (Å²) in [6, 6.07) is 20.4.